The van der Waals surface area contributed by atoms with E-state index < -0.39 is 21.8 Å². The van der Waals surface area contributed by atoms with Gasteiger partial charge in [-0.3, -0.25) is 4.79 Å². The van der Waals surface area contributed by atoms with Gasteiger partial charge in [0.2, 0.25) is 27.6 Å². The monoisotopic (exact) mass is 492 g/mol. The van der Waals surface area contributed by atoms with E-state index in [1.165, 1.54) is 39.9 Å². The van der Waals surface area contributed by atoms with Crippen LogP contribution in [0.15, 0.2) is 39.8 Å². The molecule has 0 bridgehead atoms. The molecule has 0 radical (unpaired) electrons. The van der Waals surface area contributed by atoms with Crippen LogP contribution < -0.4 is 5.32 Å². The summed E-state index contributed by atoms with van der Waals surface area (Å²) in [7, 11) is -3.81. The number of hydrogen-bond donors (Lipinski definition) is 1. The summed E-state index contributed by atoms with van der Waals surface area (Å²) in [6.45, 7) is 6.04. The molecule has 1 saturated heterocycles. The molecule has 176 valence electrons. The molecule has 8 nitrogen and oxygen atoms in total. The summed E-state index contributed by atoms with van der Waals surface area (Å²) >= 11 is 1.29. The van der Waals surface area contributed by atoms with Gasteiger partial charge in [0, 0.05) is 29.6 Å². The van der Waals surface area contributed by atoms with Crippen LogP contribution in [-0.2, 0) is 14.8 Å². The van der Waals surface area contributed by atoms with Crippen LogP contribution in [0.5, 0.6) is 0 Å². The van der Waals surface area contributed by atoms with Gasteiger partial charge < -0.3 is 9.84 Å². The first kappa shape index (κ1) is 23.5. The van der Waals surface area contributed by atoms with Gasteiger partial charge in [-0.25, -0.2) is 12.8 Å². The van der Waals surface area contributed by atoms with Gasteiger partial charge in [0.05, 0.1) is 15.7 Å². The molecule has 11 heteroatoms. The van der Waals surface area contributed by atoms with Crippen LogP contribution in [0.2, 0.25) is 0 Å². The Morgan fingerprint density at radius 1 is 1.30 bits per heavy atom. The second-order valence-corrected chi connectivity index (χ2v) is 11.5. The Bertz CT molecular complexity index is 1250. The number of anilines is 1. The van der Waals surface area contributed by atoms with Crippen molar-refractivity contribution in [3.63, 3.8) is 0 Å². The number of carbonyl (C=O) groups is 1. The van der Waals surface area contributed by atoms with Crippen LogP contribution in [0, 0.1) is 18.7 Å². The van der Waals surface area contributed by atoms with Crippen LogP contribution >= 0.6 is 11.3 Å². The number of rotatable bonds is 6. The predicted octanol–water partition coefficient (Wildman–Crippen LogP) is 4.41. The Labute approximate surface area is 195 Å². The molecular weight excluding hydrogens is 467 g/mol. The zero-order valence-corrected chi connectivity index (χ0v) is 20.2. The molecule has 4 rings (SSSR count). The Kier molecular flexibility index (Phi) is 6.64. The third-order valence-corrected chi connectivity index (χ3v) is 8.68. The van der Waals surface area contributed by atoms with Crippen molar-refractivity contribution in [1.29, 1.82) is 0 Å². The standard InChI is InChI=1S/C22H25FN4O4S2/c1-13(2)22-25-20(26-31-22)18-11-19(14(3)32-18)33(29,30)27-10-4-5-15(12-27)21(28)24-17-8-6-16(23)7-9-17/h6-9,11,13,15H,4-5,10,12H2,1-3H3,(H,24,28)/t15-/m0/s1. The molecule has 0 spiro atoms. The molecule has 0 saturated carbocycles. The topological polar surface area (TPSA) is 105 Å². The zero-order valence-electron chi connectivity index (χ0n) is 18.5. The highest BCUT2D eigenvalue weighted by atomic mass is 32.2. The first-order valence-electron chi connectivity index (χ1n) is 10.7. The first-order chi connectivity index (χ1) is 15.6. The summed E-state index contributed by atoms with van der Waals surface area (Å²) in [5.74, 6) is -0.244. The maximum Gasteiger partial charge on any atom is 0.244 e. The second kappa shape index (κ2) is 9.32. The van der Waals surface area contributed by atoms with Crippen molar-refractivity contribution < 1.29 is 22.1 Å². The van der Waals surface area contributed by atoms with Gasteiger partial charge >= 0.3 is 0 Å². The van der Waals surface area contributed by atoms with Crippen LogP contribution in [0.1, 0.15) is 43.4 Å². The highest BCUT2D eigenvalue weighted by Gasteiger charge is 2.35. The number of amides is 1. The molecular formula is C22H25FN4O4S2. The molecule has 1 aromatic carbocycles. The number of carbonyl (C=O) groups excluding carboxylic acids is 1. The summed E-state index contributed by atoms with van der Waals surface area (Å²) in [6.07, 6.45) is 1.15. The lowest BCUT2D eigenvalue weighted by molar-refractivity contribution is -0.120. The Balaban J connectivity index is 1.51. The summed E-state index contributed by atoms with van der Waals surface area (Å²) in [6, 6.07) is 7.05. The van der Waals surface area contributed by atoms with Crippen LogP contribution in [0.4, 0.5) is 10.1 Å². The maximum atomic E-state index is 13.4. The van der Waals surface area contributed by atoms with Crippen LogP contribution in [0.3, 0.4) is 0 Å². The van der Waals surface area contributed by atoms with Crippen molar-refractivity contribution in [3.05, 3.63) is 46.9 Å². The van der Waals surface area contributed by atoms with Gasteiger partial charge in [-0.05, 0) is 50.1 Å². The Hall–Kier alpha value is -2.63. The molecule has 1 aliphatic rings. The Morgan fingerprint density at radius 2 is 2.03 bits per heavy atom. The SMILES string of the molecule is Cc1sc(-c2noc(C(C)C)n2)cc1S(=O)(=O)N1CCC[C@H](C(=O)Nc2ccc(F)cc2)C1. The Morgan fingerprint density at radius 3 is 2.70 bits per heavy atom. The molecule has 1 atom stereocenters. The first-order valence-corrected chi connectivity index (χ1v) is 12.9. The number of hydrogen-bond acceptors (Lipinski definition) is 7. The number of thiophene rings is 1. The summed E-state index contributed by atoms with van der Waals surface area (Å²) in [5, 5.41) is 6.72. The summed E-state index contributed by atoms with van der Waals surface area (Å²) in [5.41, 5.74) is 0.473. The lowest BCUT2D eigenvalue weighted by Crippen LogP contribution is -2.43. The zero-order chi connectivity index (χ0) is 23.8. The van der Waals surface area contributed by atoms with Crippen molar-refractivity contribution in [3.8, 4) is 10.7 Å². The molecule has 0 aliphatic carbocycles. The van der Waals surface area contributed by atoms with E-state index in [0.717, 1.165) is 0 Å². The van der Waals surface area contributed by atoms with E-state index in [-0.39, 0.29) is 23.3 Å². The van der Waals surface area contributed by atoms with Crippen molar-refractivity contribution in [2.45, 2.75) is 44.4 Å². The molecule has 2 aromatic heterocycles. The smallest absolute Gasteiger partial charge is 0.244 e. The number of nitrogens with one attached hydrogen (secondary N) is 1. The summed E-state index contributed by atoms with van der Waals surface area (Å²) in [4.78, 5) is 18.5. The van der Waals surface area contributed by atoms with E-state index >= 15 is 0 Å². The van der Waals surface area contributed by atoms with E-state index in [1.807, 2.05) is 13.8 Å². The third kappa shape index (κ3) is 4.99. The largest absolute Gasteiger partial charge is 0.339 e. The van der Waals surface area contributed by atoms with Gasteiger partial charge in [0.1, 0.15) is 5.82 Å². The molecule has 3 aromatic rings. The maximum absolute atomic E-state index is 13.4. The molecule has 1 amide bonds. The normalized spacial score (nSPS) is 17.4. The highest BCUT2D eigenvalue weighted by molar-refractivity contribution is 7.89. The van der Waals surface area contributed by atoms with E-state index in [2.05, 4.69) is 15.5 Å². The number of aromatic nitrogens is 2. The minimum Gasteiger partial charge on any atom is -0.339 e. The number of nitrogens with zero attached hydrogens (tertiary/aromatic N) is 3. The third-order valence-electron chi connectivity index (χ3n) is 5.51. The number of halogens is 1. The van der Waals surface area contributed by atoms with Crippen LogP contribution in [0.25, 0.3) is 10.7 Å². The molecule has 1 aliphatic heterocycles. The van der Waals surface area contributed by atoms with Gasteiger partial charge in [-0.2, -0.15) is 9.29 Å². The van der Waals surface area contributed by atoms with Crippen molar-refractivity contribution in [1.82, 2.24) is 14.4 Å². The van der Waals surface area contributed by atoms with Crippen molar-refractivity contribution >= 4 is 33.0 Å². The molecule has 33 heavy (non-hydrogen) atoms. The van der Waals surface area contributed by atoms with E-state index in [1.54, 1.807) is 13.0 Å². The molecule has 1 N–H and O–H groups in total. The highest BCUT2D eigenvalue weighted by Crippen LogP contribution is 2.35. The molecule has 1 fully saturated rings. The van der Waals surface area contributed by atoms with Gasteiger partial charge in [0.15, 0.2) is 0 Å². The van der Waals surface area contributed by atoms with Gasteiger partial charge in [-0.1, -0.05) is 19.0 Å². The number of piperidine rings is 1. The lowest BCUT2D eigenvalue weighted by atomic mass is 9.99. The van der Waals surface area contributed by atoms with E-state index in [0.29, 0.717) is 46.5 Å². The average molecular weight is 493 g/mol. The molecule has 3 heterocycles. The fraction of sp³-hybridized carbons (Fsp3) is 0.409. The second-order valence-electron chi connectivity index (χ2n) is 8.34. The van der Waals surface area contributed by atoms with Crippen molar-refractivity contribution in [2.75, 3.05) is 18.4 Å². The van der Waals surface area contributed by atoms with Gasteiger partial charge in [0.25, 0.3) is 0 Å². The van der Waals surface area contributed by atoms with Gasteiger partial charge in [-0.15, -0.1) is 11.3 Å². The fourth-order valence-electron chi connectivity index (χ4n) is 3.69. The number of benzene rings is 1. The number of aryl methyl sites for hydroxylation is 1. The quantitative estimate of drug-likeness (QED) is 0.547. The van der Waals surface area contributed by atoms with Crippen molar-refractivity contribution in [2.24, 2.45) is 5.92 Å². The van der Waals surface area contributed by atoms with E-state index in [4.69, 9.17) is 4.52 Å². The fourth-order valence-corrected chi connectivity index (χ4v) is 6.70. The summed E-state index contributed by atoms with van der Waals surface area (Å²) < 4.78 is 46.6. The van der Waals surface area contributed by atoms with E-state index in [9.17, 15) is 17.6 Å². The predicted molar refractivity (Wildman–Crippen MR) is 123 cm³/mol. The molecule has 0 unspecified atom stereocenters. The lowest BCUT2D eigenvalue weighted by Gasteiger charge is -2.31. The van der Waals surface area contributed by atoms with Crippen LogP contribution in [-0.4, -0.2) is 41.9 Å². The average Bonchev–Trinajstić information content (AvgIpc) is 3.43. The number of sulfonamides is 1. The minimum absolute atomic E-state index is 0.0712. The minimum atomic E-state index is -3.81.